The molecule has 2 heteroatoms. The summed E-state index contributed by atoms with van der Waals surface area (Å²) in [5.41, 5.74) is 15.5. The molecule has 4 aliphatic carbocycles. The Balaban J connectivity index is 1.10. The van der Waals surface area contributed by atoms with Gasteiger partial charge in [0.2, 0.25) is 0 Å². The maximum absolute atomic E-state index is 2.69. The molecule has 3 aliphatic heterocycles. The van der Waals surface area contributed by atoms with Crippen molar-refractivity contribution in [2.45, 2.75) is 37.5 Å². The van der Waals surface area contributed by atoms with Gasteiger partial charge >= 0.3 is 0 Å². The van der Waals surface area contributed by atoms with Crippen LogP contribution in [0.4, 0.5) is 17.1 Å². The van der Waals surface area contributed by atoms with Crippen LogP contribution in [0.2, 0.25) is 0 Å². The minimum absolute atomic E-state index is 0.0668. The zero-order chi connectivity index (χ0) is 35.2. The van der Waals surface area contributed by atoms with Gasteiger partial charge in [-0.05, 0) is 145 Å². The van der Waals surface area contributed by atoms with Crippen LogP contribution in [0.1, 0.15) is 43.2 Å². The molecule has 14 rings (SSSR count). The van der Waals surface area contributed by atoms with Crippen LogP contribution in [0.15, 0.2) is 164 Å². The van der Waals surface area contributed by atoms with Gasteiger partial charge in [0, 0.05) is 11.1 Å². The Bertz CT molecular complexity index is 2620. The highest BCUT2D eigenvalue weighted by Gasteiger charge is 2.61. The molecule has 0 unspecified atom stereocenters. The van der Waals surface area contributed by atoms with Crippen LogP contribution in [-0.2, 0) is 5.41 Å². The van der Waals surface area contributed by atoms with E-state index in [0.717, 1.165) is 11.8 Å². The lowest BCUT2D eigenvalue weighted by Crippen LogP contribution is -2.70. The van der Waals surface area contributed by atoms with Crippen LogP contribution in [-0.4, -0.2) is 8.07 Å². The van der Waals surface area contributed by atoms with Crippen LogP contribution in [0.3, 0.4) is 0 Å². The van der Waals surface area contributed by atoms with Crippen molar-refractivity contribution < 1.29 is 0 Å². The third-order valence-electron chi connectivity index (χ3n) is 15.0. The third-order valence-corrected chi connectivity index (χ3v) is 20.0. The monoisotopic (exact) mass is 707 g/mol. The fourth-order valence-corrected chi connectivity index (χ4v) is 19.1. The molecule has 1 nitrogen and oxygen atoms in total. The molecule has 3 heterocycles. The lowest BCUT2D eigenvalue weighted by Gasteiger charge is -2.64. The molecule has 0 atom stereocenters. The quantitative estimate of drug-likeness (QED) is 0.162. The fraction of sp³-hybridized carbons (Fsp3) is 0.192. The number of rotatable bonds is 2. The molecule has 0 amide bonds. The van der Waals surface area contributed by atoms with E-state index in [1.165, 1.54) is 103 Å². The molecule has 0 aromatic heterocycles. The molecule has 7 aliphatic rings. The van der Waals surface area contributed by atoms with Gasteiger partial charge in [-0.15, -0.1) is 0 Å². The SMILES string of the molecule is c1ccc(-c2ccc3c(c2)N(c2ccc4c(c2)[Si]2(c5ccccc5-c5ccccc52)c2ccccc2-4)c2ccccc2C32C3CC4CC(C3)CC2C4)cc1. The van der Waals surface area contributed by atoms with Crippen LogP contribution in [0.25, 0.3) is 33.4 Å². The normalized spacial score (nSPS) is 25.2. The summed E-state index contributed by atoms with van der Waals surface area (Å²) < 4.78 is 0. The predicted octanol–water partition coefficient (Wildman–Crippen LogP) is 10.2. The summed E-state index contributed by atoms with van der Waals surface area (Å²) in [5.74, 6) is 3.23. The number of fused-ring (bicyclic) bond motifs is 12. The summed E-state index contributed by atoms with van der Waals surface area (Å²) in [6, 6.07) is 63.8. The molecule has 4 saturated carbocycles. The highest BCUT2D eigenvalue weighted by Crippen LogP contribution is 2.69. The minimum Gasteiger partial charge on any atom is -0.310 e. The van der Waals surface area contributed by atoms with E-state index in [2.05, 4.69) is 169 Å². The predicted molar refractivity (Wildman–Crippen MR) is 226 cm³/mol. The Labute approximate surface area is 319 Å². The molecular formula is C52H41NSi. The van der Waals surface area contributed by atoms with Crippen LogP contribution < -0.4 is 25.6 Å². The van der Waals surface area contributed by atoms with Gasteiger partial charge in [0.15, 0.2) is 8.07 Å². The molecule has 54 heavy (non-hydrogen) atoms. The number of para-hydroxylation sites is 1. The van der Waals surface area contributed by atoms with E-state index in [4.69, 9.17) is 0 Å². The van der Waals surface area contributed by atoms with Crippen molar-refractivity contribution in [3.63, 3.8) is 0 Å². The molecule has 258 valence electrons. The Morgan fingerprint density at radius 1 is 0.407 bits per heavy atom. The molecule has 7 aromatic rings. The third kappa shape index (κ3) is 3.57. The summed E-state index contributed by atoms with van der Waals surface area (Å²) in [6.07, 6.45) is 6.99. The first-order valence-corrected chi connectivity index (χ1v) is 22.3. The zero-order valence-corrected chi connectivity index (χ0v) is 31.4. The highest BCUT2D eigenvalue weighted by atomic mass is 28.3. The van der Waals surface area contributed by atoms with Gasteiger partial charge in [-0.3, -0.25) is 0 Å². The van der Waals surface area contributed by atoms with Gasteiger partial charge in [0.25, 0.3) is 0 Å². The largest absolute Gasteiger partial charge is 0.310 e. The summed E-state index contributed by atoms with van der Waals surface area (Å²) in [5, 5.41) is 6.14. The molecule has 0 N–H and O–H groups in total. The van der Waals surface area contributed by atoms with Gasteiger partial charge in [0.05, 0.1) is 11.4 Å². The molecule has 4 bridgehead atoms. The van der Waals surface area contributed by atoms with Crippen molar-refractivity contribution in [2.24, 2.45) is 23.7 Å². The molecule has 2 spiro atoms. The van der Waals surface area contributed by atoms with Crippen molar-refractivity contribution in [2.75, 3.05) is 4.90 Å². The van der Waals surface area contributed by atoms with Gasteiger partial charge in [-0.1, -0.05) is 140 Å². The molecule has 4 fully saturated rings. The van der Waals surface area contributed by atoms with Gasteiger partial charge in [-0.25, -0.2) is 0 Å². The van der Waals surface area contributed by atoms with E-state index >= 15 is 0 Å². The van der Waals surface area contributed by atoms with Gasteiger partial charge < -0.3 is 4.90 Å². The number of nitrogens with zero attached hydrogens (tertiary/aromatic N) is 1. The Kier molecular flexibility index (Phi) is 5.89. The minimum atomic E-state index is -2.58. The van der Waals surface area contributed by atoms with E-state index < -0.39 is 8.07 Å². The molecule has 0 radical (unpaired) electrons. The first-order valence-electron chi connectivity index (χ1n) is 20.3. The van der Waals surface area contributed by atoms with E-state index in [0.29, 0.717) is 11.8 Å². The van der Waals surface area contributed by atoms with E-state index in [9.17, 15) is 0 Å². The Morgan fingerprint density at radius 3 is 1.59 bits per heavy atom. The lowest BCUT2D eigenvalue weighted by molar-refractivity contribution is -0.0419. The van der Waals surface area contributed by atoms with E-state index in [-0.39, 0.29) is 5.41 Å². The van der Waals surface area contributed by atoms with Crippen LogP contribution in [0.5, 0.6) is 0 Å². The first kappa shape index (κ1) is 29.9. The average molecular weight is 708 g/mol. The summed E-state index contributed by atoms with van der Waals surface area (Å²) in [4.78, 5) is 2.69. The topological polar surface area (TPSA) is 3.24 Å². The summed E-state index contributed by atoms with van der Waals surface area (Å²) in [6.45, 7) is 0. The van der Waals surface area contributed by atoms with Crippen molar-refractivity contribution in [1.29, 1.82) is 0 Å². The fourth-order valence-electron chi connectivity index (χ4n) is 13.5. The van der Waals surface area contributed by atoms with E-state index in [1.807, 2.05) is 0 Å². The summed E-state index contributed by atoms with van der Waals surface area (Å²) >= 11 is 0. The lowest BCUT2D eigenvalue weighted by atomic mass is 9.41. The second-order valence-electron chi connectivity index (χ2n) is 17.2. The molecule has 0 saturated heterocycles. The van der Waals surface area contributed by atoms with Crippen LogP contribution in [0, 0.1) is 23.7 Å². The van der Waals surface area contributed by atoms with Crippen LogP contribution >= 0.6 is 0 Å². The van der Waals surface area contributed by atoms with Crippen molar-refractivity contribution in [3.8, 4) is 33.4 Å². The van der Waals surface area contributed by atoms with E-state index in [1.54, 1.807) is 11.1 Å². The molecular weight excluding hydrogens is 667 g/mol. The highest BCUT2D eigenvalue weighted by molar-refractivity contribution is 7.24. The number of anilines is 3. The van der Waals surface area contributed by atoms with Crippen molar-refractivity contribution >= 4 is 45.9 Å². The maximum Gasteiger partial charge on any atom is 0.182 e. The summed E-state index contributed by atoms with van der Waals surface area (Å²) in [7, 11) is -2.58. The van der Waals surface area contributed by atoms with Crippen molar-refractivity contribution in [3.05, 3.63) is 175 Å². The Hall–Kier alpha value is -5.44. The van der Waals surface area contributed by atoms with Crippen molar-refractivity contribution in [1.82, 2.24) is 0 Å². The average Bonchev–Trinajstić information content (AvgIpc) is 3.69. The first-order chi connectivity index (χ1) is 26.7. The second kappa shape index (κ2) is 10.6. The standard InChI is InChI=1S/C52H41NSi/c1-2-12-35(13-3-1)36-22-25-45-47(31-36)53(46-18-8-7-17-44(46)52(45)37-27-33-26-34(29-37)30-38(52)28-33)39-23-24-43-42-16-6-11-21-50(42)54(51(43)32-39)48-19-9-4-14-40(48)41-15-5-10-20-49(41)54/h1-25,31-34,37-38H,26-30H2. The number of hydrogen-bond acceptors (Lipinski definition) is 1. The number of benzene rings is 7. The number of hydrogen-bond donors (Lipinski definition) is 0. The van der Waals surface area contributed by atoms with Gasteiger partial charge in [-0.2, -0.15) is 0 Å². The smallest absolute Gasteiger partial charge is 0.182 e. The molecule has 7 aromatic carbocycles. The van der Waals surface area contributed by atoms with Gasteiger partial charge in [0.1, 0.15) is 0 Å². The Morgan fingerprint density at radius 2 is 0.944 bits per heavy atom. The zero-order valence-electron chi connectivity index (χ0n) is 30.4. The second-order valence-corrected chi connectivity index (χ2v) is 20.9. The maximum atomic E-state index is 2.69.